The van der Waals surface area contributed by atoms with Crippen LogP contribution in [0, 0.1) is 0 Å². The van der Waals surface area contributed by atoms with Crippen LogP contribution in [0.4, 0.5) is 0 Å². The topological polar surface area (TPSA) is 66.2 Å². The molecule has 0 aliphatic heterocycles. The molecule has 0 amide bonds. The highest BCUT2D eigenvalue weighted by Gasteiger charge is 2.36. The molecule has 0 saturated carbocycles. The lowest BCUT2D eigenvalue weighted by Gasteiger charge is -2.19. The summed E-state index contributed by atoms with van der Waals surface area (Å²) in [5, 5.41) is 8.55. The van der Waals surface area contributed by atoms with E-state index < -0.39 is 7.60 Å². The fourth-order valence-electron chi connectivity index (χ4n) is 2.72. The zero-order chi connectivity index (χ0) is 18.4. The summed E-state index contributed by atoms with van der Waals surface area (Å²) in [5.74, 6) is 0. The van der Waals surface area contributed by atoms with E-state index in [-0.39, 0.29) is 13.2 Å². The third-order valence-electron chi connectivity index (χ3n) is 3.79. The van der Waals surface area contributed by atoms with Gasteiger partial charge in [0.25, 0.3) is 0 Å². The number of hydrogen-bond donors (Lipinski definition) is 0. The smallest absolute Gasteiger partial charge is 0.304 e. The van der Waals surface area contributed by atoms with E-state index in [1.165, 1.54) is 0 Å². The standard InChI is InChI=1S/C19H22N3O3P/c1-3-24-26(23,25-4-2)19-18(17-13-9-6-10-14-17)20-21-22(19)15-16-11-7-5-8-12-16/h5-14H,3-4,15H2,1-2H3. The molecule has 3 aromatic rings. The number of hydrogen-bond acceptors (Lipinski definition) is 5. The molecule has 0 aliphatic carbocycles. The second-order valence-electron chi connectivity index (χ2n) is 5.60. The van der Waals surface area contributed by atoms with Gasteiger partial charge < -0.3 is 9.05 Å². The Balaban J connectivity index is 2.13. The van der Waals surface area contributed by atoms with Gasteiger partial charge in [0.15, 0.2) is 5.44 Å². The average molecular weight is 371 g/mol. The number of benzene rings is 2. The molecule has 1 aromatic heterocycles. The maximum atomic E-state index is 13.5. The van der Waals surface area contributed by atoms with Crippen LogP contribution in [0.2, 0.25) is 0 Å². The summed E-state index contributed by atoms with van der Waals surface area (Å²) in [6, 6.07) is 19.4. The third kappa shape index (κ3) is 3.93. The maximum Gasteiger partial charge on any atom is 0.381 e. The van der Waals surface area contributed by atoms with E-state index in [0.29, 0.717) is 17.7 Å². The van der Waals surface area contributed by atoms with Crippen molar-refractivity contribution in [1.29, 1.82) is 0 Å². The second-order valence-corrected chi connectivity index (χ2v) is 7.54. The van der Waals surface area contributed by atoms with E-state index in [9.17, 15) is 4.57 Å². The minimum atomic E-state index is -3.56. The first-order chi connectivity index (χ1) is 12.7. The monoisotopic (exact) mass is 371 g/mol. The number of nitrogens with zero attached hydrogens (tertiary/aromatic N) is 3. The normalized spacial score (nSPS) is 11.6. The molecule has 0 saturated heterocycles. The van der Waals surface area contributed by atoms with Crippen LogP contribution in [-0.2, 0) is 20.2 Å². The summed E-state index contributed by atoms with van der Waals surface area (Å²) in [6.45, 7) is 4.54. The highest BCUT2D eigenvalue weighted by atomic mass is 31.2. The van der Waals surface area contributed by atoms with Crippen molar-refractivity contribution in [3.8, 4) is 11.3 Å². The summed E-state index contributed by atoms with van der Waals surface area (Å²) in [5.41, 5.74) is 2.75. The van der Waals surface area contributed by atoms with Crippen LogP contribution in [0.25, 0.3) is 11.3 Å². The molecule has 26 heavy (non-hydrogen) atoms. The second kappa shape index (κ2) is 8.41. The van der Waals surface area contributed by atoms with E-state index in [4.69, 9.17) is 9.05 Å². The summed E-state index contributed by atoms with van der Waals surface area (Å²) in [6.07, 6.45) is 0. The van der Waals surface area contributed by atoms with Gasteiger partial charge in [-0.15, -0.1) is 5.10 Å². The van der Waals surface area contributed by atoms with Gasteiger partial charge in [-0.25, -0.2) is 4.68 Å². The Kier molecular flexibility index (Phi) is 5.99. The van der Waals surface area contributed by atoms with Gasteiger partial charge in [0.1, 0.15) is 5.69 Å². The van der Waals surface area contributed by atoms with Gasteiger partial charge in [-0.2, -0.15) is 0 Å². The average Bonchev–Trinajstić information content (AvgIpc) is 3.08. The third-order valence-corrected chi connectivity index (χ3v) is 5.95. The molecule has 0 radical (unpaired) electrons. The lowest BCUT2D eigenvalue weighted by atomic mass is 10.2. The van der Waals surface area contributed by atoms with Crippen molar-refractivity contribution in [1.82, 2.24) is 15.0 Å². The van der Waals surface area contributed by atoms with Crippen molar-refractivity contribution in [3.63, 3.8) is 0 Å². The van der Waals surface area contributed by atoms with Crippen molar-refractivity contribution >= 4 is 13.0 Å². The molecular formula is C19H22N3O3P. The molecular weight excluding hydrogens is 349 g/mol. The van der Waals surface area contributed by atoms with E-state index in [0.717, 1.165) is 11.1 Å². The molecule has 7 heteroatoms. The quantitative estimate of drug-likeness (QED) is 0.562. The predicted octanol–water partition coefficient (Wildman–Crippen LogP) is 3.88. The molecule has 0 N–H and O–H groups in total. The van der Waals surface area contributed by atoms with Crippen LogP contribution in [0.3, 0.4) is 0 Å². The summed E-state index contributed by atoms with van der Waals surface area (Å²) >= 11 is 0. The molecule has 6 nitrogen and oxygen atoms in total. The SMILES string of the molecule is CCOP(=O)(OCC)c1c(-c2ccccc2)nnn1Cc1ccccc1. The van der Waals surface area contributed by atoms with Gasteiger partial charge >= 0.3 is 7.60 Å². The zero-order valence-electron chi connectivity index (χ0n) is 14.9. The number of rotatable bonds is 8. The molecule has 0 unspecified atom stereocenters. The first kappa shape index (κ1) is 18.5. The van der Waals surface area contributed by atoms with Crippen molar-refractivity contribution < 1.29 is 13.6 Å². The van der Waals surface area contributed by atoms with Gasteiger partial charge in [0, 0.05) is 5.56 Å². The molecule has 0 fully saturated rings. The lowest BCUT2D eigenvalue weighted by molar-refractivity contribution is 0.228. The minimum Gasteiger partial charge on any atom is -0.304 e. The molecule has 0 spiro atoms. The van der Waals surface area contributed by atoms with Crippen molar-refractivity contribution in [2.45, 2.75) is 20.4 Å². The highest BCUT2D eigenvalue weighted by molar-refractivity contribution is 7.62. The Bertz CT molecular complexity index is 872. The summed E-state index contributed by atoms with van der Waals surface area (Å²) < 4.78 is 26.3. The highest BCUT2D eigenvalue weighted by Crippen LogP contribution is 2.48. The van der Waals surface area contributed by atoms with Crippen molar-refractivity contribution in [2.24, 2.45) is 0 Å². The Hall–Kier alpha value is -2.27. The van der Waals surface area contributed by atoms with Crippen LogP contribution >= 0.6 is 7.60 Å². The Morgan fingerprint density at radius 3 is 2.08 bits per heavy atom. The fraction of sp³-hybridized carbons (Fsp3) is 0.263. The van der Waals surface area contributed by atoms with Crippen LogP contribution < -0.4 is 5.44 Å². The van der Waals surface area contributed by atoms with E-state index in [1.807, 2.05) is 60.7 Å². The van der Waals surface area contributed by atoms with Gasteiger partial charge in [-0.05, 0) is 19.4 Å². The largest absolute Gasteiger partial charge is 0.381 e. The van der Waals surface area contributed by atoms with Gasteiger partial charge in [0.05, 0.1) is 19.8 Å². The molecule has 1 heterocycles. The zero-order valence-corrected chi connectivity index (χ0v) is 15.8. The molecule has 136 valence electrons. The molecule has 0 bridgehead atoms. The summed E-state index contributed by atoms with van der Waals surface area (Å²) in [4.78, 5) is 0. The van der Waals surface area contributed by atoms with Crippen LogP contribution in [0.15, 0.2) is 60.7 Å². The number of aromatic nitrogens is 3. The predicted molar refractivity (Wildman–Crippen MR) is 101 cm³/mol. The van der Waals surface area contributed by atoms with Gasteiger partial charge in [0.2, 0.25) is 0 Å². The molecule has 2 aromatic carbocycles. The van der Waals surface area contributed by atoms with Gasteiger partial charge in [-0.1, -0.05) is 65.9 Å². The van der Waals surface area contributed by atoms with Crippen molar-refractivity contribution in [3.05, 3.63) is 66.2 Å². The Morgan fingerprint density at radius 2 is 1.50 bits per heavy atom. The Labute approximate surface area is 153 Å². The van der Waals surface area contributed by atoms with Crippen LogP contribution in [0.1, 0.15) is 19.4 Å². The van der Waals surface area contributed by atoms with Crippen LogP contribution in [-0.4, -0.2) is 28.2 Å². The molecule has 0 aliphatic rings. The minimum absolute atomic E-state index is 0.266. The first-order valence-corrected chi connectivity index (χ1v) is 10.1. The van der Waals surface area contributed by atoms with E-state index in [1.54, 1.807) is 18.5 Å². The van der Waals surface area contributed by atoms with Crippen molar-refractivity contribution in [2.75, 3.05) is 13.2 Å². The van der Waals surface area contributed by atoms with Gasteiger partial charge in [-0.3, -0.25) is 4.57 Å². The lowest BCUT2D eigenvalue weighted by Crippen LogP contribution is -2.23. The summed E-state index contributed by atoms with van der Waals surface area (Å²) in [7, 11) is -3.56. The van der Waals surface area contributed by atoms with Crippen LogP contribution in [0.5, 0.6) is 0 Å². The van der Waals surface area contributed by atoms with E-state index >= 15 is 0 Å². The first-order valence-electron chi connectivity index (χ1n) is 8.60. The molecule has 3 rings (SSSR count). The Morgan fingerprint density at radius 1 is 0.923 bits per heavy atom. The maximum absolute atomic E-state index is 13.5. The fourth-order valence-corrected chi connectivity index (χ4v) is 4.55. The van der Waals surface area contributed by atoms with E-state index in [2.05, 4.69) is 10.3 Å². The molecule has 0 atom stereocenters.